The molecule has 4 atom stereocenters. The van der Waals surface area contributed by atoms with E-state index >= 15 is 0 Å². The molecule has 1 saturated carbocycles. The molecule has 1 aromatic rings. The summed E-state index contributed by atoms with van der Waals surface area (Å²) in [5.74, 6) is 6.12. The maximum absolute atomic E-state index is 12.6. The number of rotatable bonds is 1. The molecule has 5 nitrogen and oxygen atoms in total. The van der Waals surface area contributed by atoms with Gasteiger partial charge < -0.3 is 19.5 Å². The summed E-state index contributed by atoms with van der Waals surface area (Å²) < 4.78 is 10.9. The zero-order chi connectivity index (χ0) is 18.9. The lowest BCUT2D eigenvalue weighted by Gasteiger charge is -2.40. The van der Waals surface area contributed by atoms with Crippen LogP contribution in [0.25, 0.3) is 0 Å². The zero-order valence-electron chi connectivity index (χ0n) is 15.2. The van der Waals surface area contributed by atoms with Crippen molar-refractivity contribution >= 4 is 17.7 Å². The second-order valence-corrected chi connectivity index (χ2v) is 8.04. The van der Waals surface area contributed by atoms with Crippen LogP contribution in [0.3, 0.4) is 0 Å². The Morgan fingerprint density at radius 3 is 3.04 bits per heavy atom. The summed E-state index contributed by atoms with van der Waals surface area (Å²) in [5.41, 5.74) is -0.301. The predicted molar refractivity (Wildman–Crippen MR) is 101 cm³/mol. The fraction of sp³-hybridized carbons (Fsp3) is 0.571. The summed E-state index contributed by atoms with van der Waals surface area (Å²) in [6.07, 6.45) is 3.39. The Hall–Kier alpha value is -1.74. The van der Waals surface area contributed by atoms with E-state index in [1.165, 1.54) is 0 Å². The molecule has 27 heavy (non-hydrogen) atoms. The van der Waals surface area contributed by atoms with Crippen LogP contribution >= 0.6 is 11.6 Å². The van der Waals surface area contributed by atoms with Crippen molar-refractivity contribution in [2.75, 3.05) is 19.8 Å². The summed E-state index contributed by atoms with van der Waals surface area (Å²) in [5, 5.41) is 11.9. The largest absolute Gasteiger partial charge is 0.444 e. The Morgan fingerprint density at radius 1 is 1.37 bits per heavy atom. The molecule has 1 aromatic carbocycles. The maximum atomic E-state index is 12.6. The average molecular weight is 390 g/mol. The van der Waals surface area contributed by atoms with E-state index in [1.54, 1.807) is 17.0 Å². The van der Waals surface area contributed by atoms with Crippen LogP contribution in [-0.4, -0.2) is 53.6 Å². The lowest BCUT2D eigenvalue weighted by Crippen LogP contribution is -2.50. The average Bonchev–Trinajstić information content (AvgIpc) is 3.30. The molecular formula is C21H24ClNO4. The van der Waals surface area contributed by atoms with Crippen molar-refractivity contribution < 1.29 is 19.4 Å². The Balaban J connectivity index is 1.48. The second-order valence-electron chi connectivity index (χ2n) is 7.60. The van der Waals surface area contributed by atoms with Gasteiger partial charge >= 0.3 is 6.09 Å². The van der Waals surface area contributed by atoms with E-state index in [0.717, 1.165) is 31.2 Å². The molecule has 0 radical (unpaired) electrons. The molecule has 6 heteroatoms. The Morgan fingerprint density at radius 2 is 2.26 bits per heavy atom. The lowest BCUT2D eigenvalue weighted by molar-refractivity contribution is -0.0181. The Bertz CT molecular complexity index is 767. The molecule has 2 heterocycles. The fourth-order valence-electron chi connectivity index (χ4n) is 4.48. The van der Waals surface area contributed by atoms with E-state index in [4.69, 9.17) is 21.1 Å². The van der Waals surface area contributed by atoms with Crippen molar-refractivity contribution in [2.24, 2.45) is 5.92 Å². The molecule has 3 fully saturated rings. The highest BCUT2D eigenvalue weighted by Gasteiger charge is 2.50. The van der Waals surface area contributed by atoms with Gasteiger partial charge in [-0.1, -0.05) is 29.5 Å². The first-order valence-electron chi connectivity index (χ1n) is 9.61. The Labute approximate surface area is 164 Å². The first kappa shape index (κ1) is 18.6. The van der Waals surface area contributed by atoms with E-state index in [-0.39, 0.29) is 24.2 Å². The van der Waals surface area contributed by atoms with E-state index < -0.39 is 5.60 Å². The van der Waals surface area contributed by atoms with Crippen LogP contribution in [0, 0.1) is 17.8 Å². The van der Waals surface area contributed by atoms with Gasteiger partial charge in [0.25, 0.3) is 0 Å². The molecule has 3 unspecified atom stereocenters. The second kappa shape index (κ2) is 7.71. The first-order chi connectivity index (χ1) is 13.0. The van der Waals surface area contributed by atoms with E-state index in [2.05, 4.69) is 11.8 Å². The van der Waals surface area contributed by atoms with Crippen LogP contribution in [0.1, 0.15) is 37.7 Å². The molecule has 0 spiro atoms. The highest BCUT2D eigenvalue weighted by atomic mass is 35.5. The normalized spacial score (nSPS) is 32.5. The molecule has 144 valence electrons. The number of benzene rings is 1. The summed E-state index contributed by atoms with van der Waals surface area (Å²) in [6, 6.07) is 7.30. The Kier molecular flexibility index (Phi) is 5.32. The number of halogens is 1. The van der Waals surface area contributed by atoms with Crippen LogP contribution < -0.4 is 0 Å². The quantitative estimate of drug-likeness (QED) is 0.749. The third-order valence-corrected chi connectivity index (χ3v) is 6.09. The summed E-state index contributed by atoms with van der Waals surface area (Å²) in [6.45, 7) is 1.72. The molecule has 0 bridgehead atoms. The lowest BCUT2D eigenvalue weighted by atomic mass is 9.73. The predicted octanol–water partition coefficient (Wildman–Crippen LogP) is 3.22. The van der Waals surface area contributed by atoms with Crippen molar-refractivity contribution in [2.45, 2.75) is 49.9 Å². The smallest absolute Gasteiger partial charge is 0.410 e. The fourth-order valence-corrected chi connectivity index (χ4v) is 4.67. The van der Waals surface area contributed by atoms with Gasteiger partial charge in [-0.2, -0.15) is 0 Å². The molecule has 0 aromatic heterocycles. The molecule has 1 amide bonds. The highest BCUT2D eigenvalue weighted by molar-refractivity contribution is 6.30. The zero-order valence-corrected chi connectivity index (χ0v) is 16.0. The molecule has 2 aliphatic heterocycles. The van der Waals surface area contributed by atoms with Gasteiger partial charge in [-0.3, -0.25) is 0 Å². The number of hydrogen-bond donors (Lipinski definition) is 1. The minimum absolute atomic E-state index is 0.0211. The number of amides is 1. The number of carbonyl (C=O) groups excluding carboxylic acids is 1. The molecule has 4 rings (SSSR count). The van der Waals surface area contributed by atoms with Crippen LogP contribution in [0.2, 0.25) is 5.02 Å². The van der Waals surface area contributed by atoms with Crippen molar-refractivity contribution in [3.8, 4) is 11.8 Å². The van der Waals surface area contributed by atoms with Gasteiger partial charge in [-0.15, -0.1) is 0 Å². The minimum atomic E-state index is -1.09. The monoisotopic (exact) mass is 389 g/mol. The minimum Gasteiger partial charge on any atom is -0.444 e. The number of aliphatic hydroxyl groups is 1. The van der Waals surface area contributed by atoms with E-state index in [9.17, 15) is 9.90 Å². The van der Waals surface area contributed by atoms with Gasteiger partial charge in [0.15, 0.2) is 0 Å². The van der Waals surface area contributed by atoms with Gasteiger partial charge in [0, 0.05) is 35.5 Å². The molecule has 1 N–H and O–H groups in total. The first-order valence-corrected chi connectivity index (χ1v) is 9.99. The number of likely N-dealkylation sites (tertiary alicyclic amines) is 1. The van der Waals surface area contributed by atoms with Gasteiger partial charge in [-0.25, -0.2) is 4.79 Å². The van der Waals surface area contributed by atoms with Crippen molar-refractivity contribution in [3.05, 3.63) is 34.9 Å². The third-order valence-electron chi connectivity index (χ3n) is 5.85. The third kappa shape index (κ3) is 3.94. The van der Waals surface area contributed by atoms with Crippen LogP contribution in [-0.2, 0) is 9.47 Å². The summed E-state index contributed by atoms with van der Waals surface area (Å²) in [4.78, 5) is 14.4. The summed E-state index contributed by atoms with van der Waals surface area (Å²) in [7, 11) is 0. The van der Waals surface area contributed by atoms with Crippen LogP contribution in [0.4, 0.5) is 4.79 Å². The van der Waals surface area contributed by atoms with Crippen molar-refractivity contribution in [3.63, 3.8) is 0 Å². The van der Waals surface area contributed by atoms with Crippen molar-refractivity contribution in [1.82, 2.24) is 4.90 Å². The maximum Gasteiger partial charge on any atom is 0.410 e. The molecule has 3 aliphatic rings. The highest BCUT2D eigenvalue weighted by Crippen LogP contribution is 2.43. The van der Waals surface area contributed by atoms with Gasteiger partial charge in [0.2, 0.25) is 0 Å². The van der Waals surface area contributed by atoms with Crippen molar-refractivity contribution in [1.29, 1.82) is 0 Å². The van der Waals surface area contributed by atoms with Gasteiger partial charge in [-0.05, 0) is 43.9 Å². The molecular weight excluding hydrogens is 366 g/mol. The standard InChI is InChI=1S/C21H24ClNO4/c22-16-4-1-3-15(13-16)6-10-21(25)9-2-5-19-18(21)7-11-23(19)20(24)27-17-8-12-26-14-17/h1,3-4,13,17-19,25H,2,5,7-9,11-12,14H2/t17-,18?,19?,21?/m0/s1. The molecule has 1 aliphatic carbocycles. The number of ether oxygens (including phenoxy) is 2. The summed E-state index contributed by atoms with van der Waals surface area (Å²) >= 11 is 6.02. The molecule has 2 saturated heterocycles. The topological polar surface area (TPSA) is 59.0 Å². The van der Waals surface area contributed by atoms with Crippen LogP contribution in [0.15, 0.2) is 24.3 Å². The van der Waals surface area contributed by atoms with Crippen LogP contribution in [0.5, 0.6) is 0 Å². The van der Waals surface area contributed by atoms with Gasteiger partial charge in [0.1, 0.15) is 11.7 Å². The number of nitrogens with zero attached hydrogens (tertiary/aromatic N) is 1. The van der Waals surface area contributed by atoms with E-state index in [0.29, 0.717) is 31.2 Å². The number of hydrogen-bond acceptors (Lipinski definition) is 4. The SMILES string of the molecule is O=C(O[C@H]1CCOC1)N1CCC2C1CCCC2(O)C#Cc1cccc(Cl)c1. The number of carbonyl (C=O) groups is 1. The van der Waals surface area contributed by atoms with Gasteiger partial charge in [0.05, 0.1) is 13.2 Å². The van der Waals surface area contributed by atoms with E-state index in [1.807, 2.05) is 12.1 Å². The number of fused-ring (bicyclic) bond motifs is 1.